The van der Waals surface area contributed by atoms with E-state index in [1.165, 1.54) is 0 Å². The summed E-state index contributed by atoms with van der Waals surface area (Å²) in [7, 11) is 0. The molecule has 1 fully saturated rings. The van der Waals surface area contributed by atoms with Gasteiger partial charge in [0, 0.05) is 11.6 Å². The summed E-state index contributed by atoms with van der Waals surface area (Å²) in [6.45, 7) is 0.0242. The van der Waals surface area contributed by atoms with Crippen LogP contribution in [0.1, 0.15) is 24.4 Å². The molecule has 0 radical (unpaired) electrons. The maximum atomic E-state index is 13.6. The summed E-state index contributed by atoms with van der Waals surface area (Å²) in [6.07, 6.45) is 2.15. The molecule has 0 aromatic heterocycles. The molecule has 3 nitrogen and oxygen atoms in total. The number of benzene rings is 1. The van der Waals surface area contributed by atoms with Crippen molar-refractivity contribution in [1.82, 2.24) is 0 Å². The Kier molecular flexibility index (Phi) is 3.59. The molecule has 0 spiro atoms. The van der Waals surface area contributed by atoms with Crippen LogP contribution in [0.5, 0.6) is 5.75 Å². The first kappa shape index (κ1) is 12.3. The molecule has 5 heteroatoms. The van der Waals surface area contributed by atoms with Gasteiger partial charge in [0.25, 0.3) is 0 Å². The van der Waals surface area contributed by atoms with Crippen molar-refractivity contribution in [2.24, 2.45) is 11.7 Å². The van der Waals surface area contributed by atoms with E-state index >= 15 is 0 Å². The highest BCUT2D eigenvalue weighted by Gasteiger charge is 2.24. The van der Waals surface area contributed by atoms with Crippen LogP contribution in [0, 0.1) is 17.6 Å². The first-order valence-corrected chi connectivity index (χ1v) is 5.60. The number of hydrogen-bond donors (Lipinski definition) is 2. The third-order valence-electron chi connectivity index (χ3n) is 2.79. The second-order valence-corrected chi connectivity index (χ2v) is 4.35. The van der Waals surface area contributed by atoms with Crippen LogP contribution in [0.25, 0.3) is 0 Å². The van der Waals surface area contributed by atoms with E-state index in [1.807, 2.05) is 0 Å². The van der Waals surface area contributed by atoms with Gasteiger partial charge in [-0.15, -0.1) is 0 Å². The molecule has 1 aromatic carbocycles. The average molecular weight is 243 g/mol. The number of aliphatic hydroxyl groups excluding tert-OH is 1. The van der Waals surface area contributed by atoms with Gasteiger partial charge in [-0.25, -0.2) is 8.78 Å². The van der Waals surface area contributed by atoms with E-state index in [1.54, 1.807) is 0 Å². The average Bonchev–Trinajstić information content (AvgIpc) is 3.09. The molecule has 1 aromatic rings. The number of aliphatic hydroxyl groups is 1. The van der Waals surface area contributed by atoms with E-state index in [0.29, 0.717) is 12.5 Å². The van der Waals surface area contributed by atoms with E-state index in [4.69, 9.17) is 15.6 Å². The zero-order valence-corrected chi connectivity index (χ0v) is 9.33. The summed E-state index contributed by atoms with van der Waals surface area (Å²) in [5.74, 6) is -1.08. The smallest absolute Gasteiger partial charge is 0.168 e. The van der Waals surface area contributed by atoms with Gasteiger partial charge >= 0.3 is 0 Å². The largest absolute Gasteiger partial charge is 0.490 e. The van der Waals surface area contributed by atoms with Crippen molar-refractivity contribution < 1.29 is 18.6 Å². The van der Waals surface area contributed by atoms with Crippen molar-refractivity contribution in [3.8, 4) is 5.75 Å². The number of ether oxygens (including phenoxy) is 1. The second kappa shape index (κ2) is 4.98. The monoisotopic (exact) mass is 243 g/mol. The van der Waals surface area contributed by atoms with Crippen molar-refractivity contribution in [3.63, 3.8) is 0 Å². The van der Waals surface area contributed by atoms with Crippen molar-refractivity contribution >= 4 is 0 Å². The van der Waals surface area contributed by atoms with E-state index in [-0.39, 0.29) is 17.9 Å². The number of hydrogen-bond acceptors (Lipinski definition) is 3. The zero-order chi connectivity index (χ0) is 12.4. The highest BCUT2D eigenvalue weighted by Crippen LogP contribution is 2.33. The van der Waals surface area contributed by atoms with Crippen LogP contribution >= 0.6 is 0 Å². The SMILES string of the molecule is NC(CO)c1cc(F)cc(F)c1OCC1CC1. The van der Waals surface area contributed by atoms with Crippen molar-refractivity contribution in [3.05, 3.63) is 29.3 Å². The molecule has 17 heavy (non-hydrogen) atoms. The lowest BCUT2D eigenvalue weighted by atomic mass is 10.1. The van der Waals surface area contributed by atoms with Crippen LogP contribution in [-0.2, 0) is 0 Å². The van der Waals surface area contributed by atoms with Crippen molar-refractivity contribution in [2.45, 2.75) is 18.9 Å². The van der Waals surface area contributed by atoms with Crippen LogP contribution < -0.4 is 10.5 Å². The molecule has 0 heterocycles. The van der Waals surface area contributed by atoms with E-state index in [2.05, 4.69) is 0 Å². The van der Waals surface area contributed by atoms with Crippen LogP contribution in [0.15, 0.2) is 12.1 Å². The van der Waals surface area contributed by atoms with Crippen LogP contribution in [0.2, 0.25) is 0 Å². The van der Waals surface area contributed by atoms with E-state index in [9.17, 15) is 8.78 Å². The molecule has 2 rings (SSSR count). The topological polar surface area (TPSA) is 55.5 Å². The summed E-state index contributed by atoms with van der Waals surface area (Å²) >= 11 is 0. The minimum absolute atomic E-state index is 0.0418. The van der Waals surface area contributed by atoms with Crippen molar-refractivity contribution in [1.29, 1.82) is 0 Å². The van der Waals surface area contributed by atoms with Gasteiger partial charge in [-0.1, -0.05) is 0 Å². The van der Waals surface area contributed by atoms with Crippen LogP contribution in [-0.4, -0.2) is 18.3 Å². The van der Waals surface area contributed by atoms with Crippen molar-refractivity contribution in [2.75, 3.05) is 13.2 Å². The highest BCUT2D eigenvalue weighted by molar-refractivity contribution is 5.38. The molecule has 1 atom stereocenters. The first-order valence-electron chi connectivity index (χ1n) is 5.60. The van der Waals surface area contributed by atoms with Crippen LogP contribution in [0.4, 0.5) is 8.78 Å². The normalized spacial score (nSPS) is 16.9. The molecule has 94 valence electrons. The molecule has 3 N–H and O–H groups in total. The van der Waals surface area contributed by atoms with Gasteiger partial charge in [0.1, 0.15) is 5.82 Å². The highest BCUT2D eigenvalue weighted by atomic mass is 19.1. The predicted octanol–water partition coefficient (Wildman–Crippen LogP) is 1.75. The van der Waals surface area contributed by atoms with Gasteiger partial charge in [-0.2, -0.15) is 0 Å². The van der Waals surface area contributed by atoms with E-state index < -0.39 is 17.7 Å². The van der Waals surface area contributed by atoms with Crippen LogP contribution in [0.3, 0.4) is 0 Å². The summed E-state index contributed by atoms with van der Waals surface area (Å²) in [6, 6.07) is 1.02. The van der Waals surface area contributed by atoms with Gasteiger partial charge < -0.3 is 15.6 Å². The fraction of sp³-hybridized carbons (Fsp3) is 0.500. The maximum Gasteiger partial charge on any atom is 0.168 e. The third kappa shape index (κ3) is 2.92. The summed E-state index contributed by atoms with van der Waals surface area (Å²) < 4.78 is 32.0. The van der Waals surface area contributed by atoms with Gasteiger partial charge in [0.15, 0.2) is 11.6 Å². The lowest BCUT2D eigenvalue weighted by molar-refractivity contribution is 0.251. The molecular weight excluding hydrogens is 228 g/mol. The molecule has 1 unspecified atom stereocenters. The van der Waals surface area contributed by atoms with Gasteiger partial charge in [0.05, 0.1) is 19.3 Å². The lowest BCUT2D eigenvalue weighted by Gasteiger charge is -2.16. The van der Waals surface area contributed by atoms with Gasteiger partial charge in [0.2, 0.25) is 0 Å². The minimum Gasteiger partial charge on any atom is -0.490 e. The number of rotatable bonds is 5. The Bertz CT molecular complexity index is 408. The van der Waals surface area contributed by atoms with E-state index in [0.717, 1.165) is 25.0 Å². The molecule has 0 bridgehead atoms. The molecular formula is C12H15F2NO2. The number of nitrogens with two attached hydrogens (primary N) is 1. The Balaban J connectivity index is 2.24. The predicted molar refractivity (Wildman–Crippen MR) is 58.6 cm³/mol. The molecule has 1 aliphatic carbocycles. The summed E-state index contributed by atoms with van der Waals surface area (Å²) in [5, 5.41) is 8.96. The number of halogens is 2. The summed E-state index contributed by atoms with van der Waals surface area (Å²) in [5.41, 5.74) is 5.76. The standard InChI is InChI=1S/C12H15F2NO2/c13-8-3-9(11(15)5-16)12(10(14)4-8)17-6-7-1-2-7/h3-4,7,11,16H,1-2,5-6,15H2. The Hall–Kier alpha value is -1.20. The lowest BCUT2D eigenvalue weighted by Crippen LogP contribution is -2.17. The summed E-state index contributed by atoms with van der Waals surface area (Å²) in [4.78, 5) is 0. The van der Waals surface area contributed by atoms with Gasteiger partial charge in [-0.3, -0.25) is 0 Å². The molecule has 1 aliphatic rings. The Morgan fingerprint density at radius 2 is 2.12 bits per heavy atom. The quantitative estimate of drug-likeness (QED) is 0.828. The third-order valence-corrected chi connectivity index (χ3v) is 2.79. The maximum absolute atomic E-state index is 13.6. The molecule has 0 amide bonds. The van der Waals surface area contributed by atoms with Gasteiger partial charge in [-0.05, 0) is 24.8 Å². The molecule has 1 saturated carbocycles. The molecule has 0 saturated heterocycles. The fourth-order valence-corrected chi connectivity index (χ4v) is 1.59. The second-order valence-electron chi connectivity index (χ2n) is 4.35. The Morgan fingerprint density at radius 3 is 2.71 bits per heavy atom. The first-order chi connectivity index (χ1) is 8.11. The fourth-order valence-electron chi connectivity index (χ4n) is 1.59. The zero-order valence-electron chi connectivity index (χ0n) is 9.33. The minimum atomic E-state index is -0.839. The molecule has 0 aliphatic heterocycles. The Labute approximate surface area is 98.2 Å². The Morgan fingerprint density at radius 1 is 1.41 bits per heavy atom.